The fourth-order valence-electron chi connectivity index (χ4n) is 1.24. The van der Waals surface area contributed by atoms with Crippen molar-refractivity contribution in [1.29, 1.82) is 0 Å². The van der Waals surface area contributed by atoms with Crippen molar-refractivity contribution < 1.29 is 9.53 Å². The van der Waals surface area contributed by atoms with Crippen LogP contribution in [0.2, 0.25) is 0 Å². The number of amides is 1. The summed E-state index contributed by atoms with van der Waals surface area (Å²) < 4.78 is 4.98. The van der Waals surface area contributed by atoms with Crippen LogP contribution in [0.4, 0.5) is 5.69 Å². The van der Waals surface area contributed by atoms with Crippen molar-refractivity contribution in [1.82, 2.24) is 15.5 Å². The number of nitrogens with two attached hydrogens (primary N) is 1. The van der Waals surface area contributed by atoms with E-state index in [1.807, 2.05) is 13.8 Å². The van der Waals surface area contributed by atoms with Gasteiger partial charge in [0.2, 0.25) is 0 Å². The fourth-order valence-corrected chi connectivity index (χ4v) is 1.24. The molecule has 0 aliphatic heterocycles. The number of carbonyl (C=O) groups is 1. The Morgan fingerprint density at radius 2 is 2.40 bits per heavy atom. The molecule has 1 heterocycles. The van der Waals surface area contributed by atoms with E-state index in [2.05, 4.69) is 15.5 Å². The van der Waals surface area contributed by atoms with Crippen LogP contribution < -0.4 is 11.1 Å². The van der Waals surface area contributed by atoms with Gasteiger partial charge in [0.15, 0.2) is 0 Å². The quantitative estimate of drug-likeness (QED) is 0.662. The van der Waals surface area contributed by atoms with Crippen LogP contribution in [-0.2, 0) is 4.74 Å². The van der Waals surface area contributed by atoms with Crippen molar-refractivity contribution >= 4 is 11.6 Å². The number of nitrogen functional groups attached to an aromatic ring is 1. The molecule has 84 valence electrons. The topological polar surface area (TPSA) is 93.0 Å². The third-order valence-corrected chi connectivity index (χ3v) is 1.85. The number of rotatable bonds is 4. The molecule has 0 aliphatic carbocycles. The Kier molecular flexibility index (Phi) is 3.31. The summed E-state index contributed by atoms with van der Waals surface area (Å²) in [5.74, 6) is -0.285. The number of carbonyl (C=O) groups excluding carboxylic acids is 1. The lowest BCUT2D eigenvalue weighted by Gasteiger charge is -2.24. The molecule has 0 spiro atoms. The summed E-state index contributed by atoms with van der Waals surface area (Å²) in [5.41, 5.74) is 5.72. The van der Waals surface area contributed by atoms with Crippen LogP contribution in [-0.4, -0.2) is 35.4 Å². The number of methoxy groups -OCH3 is 1. The number of hydrogen-bond donors (Lipinski definition) is 3. The number of anilines is 1. The maximum absolute atomic E-state index is 11.7. The summed E-state index contributed by atoms with van der Waals surface area (Å²) in [6.45, 7) is 4.15. The van der Waals surface area contributed by atoms with E-state index >= 15 is 0 Å². The molecule has 1 amide bonds. The van der Waals surface area contributed by atoms with Gasteiger partial charge >= 0.3 is 0 Å². The Morgan fingerprint density at radius 3 is 2.87 bits per heavy atom. The highest BCUT2D eigenvalue weighted by molar-refractivity contribution is 5.97. The molecule has 1 rings (SSSR count). The Labute approximate surface area is 88.2 Å². The lowest BCUT2D eigenvalue weighted by Crippen LogP contribution is -2.47. The molecule has 0 fully saturated rings. The molecule has 0 saturated heterocycles. The van der Waals surface area contributed by atoms with Gasteiger partial charge in [0.05, 0.1) is 24.0 Å². The number of nitrogens with zero attached hydrogens (tertiary/aromatic N) is 1. The highest BCUT2D eigenvalue weighted by Gasteiger charge is 2.22. The van der Waals surface area contributed by atoms with Crippen molar-refractivity contribution in [3.05, 3.63) is 11.9 Å². The SMILES string of the molecule is COCC(C)(C)NC(=O)c1[nH]ncc1N. The monoisotopic (exact) mass is 212 g/mol. The normalized spacial score (nSPS) is 11.4. The summed E-state index contributed by atoms with van der Waals surface area (Å²) in [5, 5.41) is 9.00. The predicted octanol–water partition coefficient (Wildman–Crippen LogP) is 0.147. The van der Waals surface area contributed by atoms with E-state index in [-0.39, 0.29) is 11.6 Å². The number of aromatic amines is 1. The number of nitrogens with one attached hydrogen (secondary N) is 2. The minimum atomic E-state index is -0.441. The zero-order valence-corrected chi connectivity index (χ0v) is 9.13. The summed E-state index contributed by atoms with van der Waals surface area (Å²) in [7, 11) is 1.58. The van der Waals surface area contributed by atoms with Crippen LogP contribution >= 0.6 is 0 Å². The second kappa shape index (κ2) is 4.31. The van der Waals surface area contributed by atoms with E-state index in [0.717, 1.165) is 0 Å². The number of ether oxygens (including phenoxy) is 1. The van der Waals surface area contributed by atoms with Crippen LogP contribution in [0, 0.1) is 0 Å². The van der Waals surface area contributed by atoms with Gasteiger partial charge < -0.3 is 15.8 Å². The van der Waals surface area contributed by atoms with Gasteiger partial charge in [0.1, 0.15) is 5.69 Å². The molecule has 0 aliphatic rings. The van der Waals surface area contributed by atoms with Crippen LogP contribution in [0.5, 0.6) is 0 Å². The van der Waals surface area contributed by atoms with E-state index in [4.69, 9.17) is 10.5 Å². The molecule has 0 saturated carbocycles. The van der Waals surface area contributed by atoms with E-state index in [9.17, 15) is 4.79 Å². The lowest BCUT2D eigenvalue weighted by molar-refractivity contribution is 0.0816. The number of H-pyrrole nitrogens is 1. The smallest absolute Gasteiger partial charge is 0.271 e. The Morgan fingerprint density at radius 1 is 1.73 bits per heavy atom. The number of aromatic nitrogens is 2. The van der Waals surface area contributed by atoms with E-state index in [0.29, 0.717) is 12.3 Å². The Balaban J connectivity index is 2.68. The van der Waals surface area contributed by atoms with Gasteiger partial charge in [-0.05, 0) is 13.8 Å². The first-order valence-electron chi connectivity index (χ1n) is 4.56. The zero-order valence-electron chi connectivity index (χ0n) is 9.13. The van der Waals surface area contributed by atoms with Crippen molar-refractivity contribution in [2.24, 2.45) is 0 Å². The minimum Gasteiger partial charge on any atom is -0.396 e. The Hall–Kier alpha value is -1.56. The molecule has 6 nitrogen and oxygen atoms in total. The van der Waals surface area contributed by atoms with E-state index < -0.39 is 5.54 Å². The molecular weight excluding hydrogens is 196 g/mol. The highest BCUT2D eigenvalue weighted by atomic mass is 16.5. The maximum Gasteiger partial charge on any atom is 0.271 e. The van der Waals surface area contributed by atoms with Crippen LogP contribution in [0.3, 0.4) is 0 Å². The largest absolute Gasteiger partial charge is 0.396 e. The van der Waals surface area contributed by atoms with Crippen molar-refractivity contribution in [3.8, 4) is 0 Å². The molecule has 4 N–H and O–H groups in total. The minimum absolute atomic E-state index is 0.277. The Bertz CT molecular complexity index is 346. The van der Waals surface area contributed by atoms with Gasteiger partial charge in [0.25, 0.3) is 5.91 Å². The van der Waals surface area contributed by atoms with Crippen LogP contribution in [0.15, 0.2) is 6.20 Å². The van der Waals surface area contributed by atoms with Crippen molar-refractivity contribution in [3.63, 3.8) is 0 Å². The highest BCUT2D eigenvalue weighted by Crippen LogP contribution is 2.09. The predicted molar refractivity (Wildman–Crippen MR) is 56.4 cm³/mol. The lowest BCUT2D eigenvalue weighted by atomic mass is 10.1. The molecule has 1 aromatic rings. The first-order chi connectivity index (χ1) is 6.96. The summed E-state index contributed by atoms with van der Waals surface area (Å²) in [6.07, 6.45) is 1.40. The first kappa shape index (κ1) is 11.5. The van der Waals surface area contributed by atoms with Crippen LogP contribution in [0.1, 0.15) is 24.3 Å². The molecule has 0 radical (unpaired) electrons. The van der Waals surface area contributed by atoms with Crippen molar-refractivity contribution in [2.75, 3.05) is 19.5 Å². The second-order valence-corrected chi connectivity index (χ2v) is 3.97. The average Bonchev–Trinajstić information content (AvgIpc) is 2.50. The number of hydrogen-bond acceptors (Lipinski definition) is 4. The van der Waals surface area contributed by atoms with Gasteiger partial charge in [-0.1, -0.05) is 0 Å². The van der Waals surface area contributed by atoms with Gasteiger partial charge in [-0.25, -0.2) is 0 Å². The summed E-state index contributed by atoms with van der Waals surface area (Å²) >= 11 is 0. The zero-order chi connectivity index (χ0) is 11.5. The standard InChI is InChI=1S/C9H16N4O2/c1-9(2,5-15-3)12-8(14)7-6(10)4-11-13-7/h4H,5,10H2,1-3H3,(H,11,13)(H,12,14). The fraction of sp³-hybridized carbons (Fsp3) is 0.556. The molecule has 6 heteroatoms. The van der Waals surface area contributed by atoms with Gasteiger partial charge in [0, 0.05) is 7.11 Å². The molecule has 0 aromatic carbocycles. The third-order valence-electron chi connectivity index (χ3n) is 1.85. The van der Waals surface area contributed by atoms with Crippen LogP contribution in [0.25, 0.3) is 0 Å². The van der Waals surface area contributed by atoms with Crippen molar-refractivity contribution in [2.45, 2.75) is 19.4 Å². The van der Waals surface area contributed by atoms with Gasteiger partial charge in [-0.15, -0.1) is 0 Å². The van der Waals surface area contributed by atoms with Gasteiger partial charge in [-0.2, -0.15) is 5.10 Å². The molecule has 0 atom stereocenters. The maximum atomic E-state index is 11.7. The van der Waals surface area contributed by atoms with Gasteiger partial charge in [-0.3, -0.25) is 9.89 Å². The van der Waals surface area contributed by atoms with E-state index in [1.165, 1.54) is 6.20 Å². The average molecular weight is 212 g/mol. The molecule has 0 unspecified atom stereocenters. The van der Waals surface area contributed by atoms with E-state index in [1.54, 1.807) is 7.11 Å². The molecular formula is C9H16N4O2. The summed E-state index contributed by atoms with van der Waals surface area (Å²) in [6, 6.07) is 0. The second-order valence-electron chi connectivity index (χ2n) is 3.97. The molecule has 15 heavy (non-hydrogen) atoms. The third kappa shape index (κ3) is 2.95. The first-order valence-corrected chi connectivity index (χ1v) is 4.56. The molecule has 1 aromatic heterocycles. The molecule has 0 bridgehead atoms. The summed E-state index contributed by atoms with van der Waals surface area (Å²) in [4.78, 5) is 11.7.